The number of nitrogens with one attached hydrogen (secondary N) is 3. The van der Waals surface area contributed by atoms with Crippen LogP contribution in [0.5, 0.6) is 17.2 Å². The molecule has 0 aromatic heterocycles. The summed E-state index contributed by atoms with van der Waals surface area (Å²) in [6.45, 7) is 1.52. The third-order valence-corrected chi connectivity index (χ3v) is 3.59. The highest BCUT2D eigenvalue weighted by atomic mass is 32.1. The van der Waals surface area contributed by atoms with Crippen molar-refractivity contribution >= 4 is 29.1 Å². The van der Waals surface area contributed by atoms with Gasteiger partial charge in [0.05, 0.1) is 7.11 Å². The average Bonchev–Trinajstić information content (AvgIpc) is 2.70. The van der Waals surface area contributed by atoms with Gasteiger partial charge in [0.15, 0.2) is 18.3 Å². The predicted molar refractivity (Wildman–Crippen MR) is 107 cm³/mol. The van der Waals surface area contributed by atoms with Crippen LogP contribution >= 0.6 is 12.2 Å². The largest absolute Gasteiger partial charge is 0.497 e. The number of carbonyl (C=O) groups excluding carboxylic acids is 2. The van der Waals surface area contributed by atoms with Crippen LogP contribution in [-0.4, -0.2) is 37.3 Å². The first-order valence-electron chi connectivity index (χ1n) is 8.31. The number of rotatable bonds is 7. The molecule has 0 unspecified atom stereocenters. The zero-order valence-electron chi connectivity index (χ0n) is 15.5. The van der Waals surface area contributed by atoms with E-state index in [9.17, 15) is 9.59 Å². The number of hydrogen-bond acceptors (Lipinski definition) is 6. The Bertz CT molecular complexity index is 809. The van der Waals surface area contributed by atoms with Crippen molar-refractivity contribution in [1.29, 1.82) is 0 Å². The van der Waals surface area contributed by atoms with Gasteiger partial charge in [-0.15, -0.1) is 0 Å². The van der Waals surface area contributed by atoms with Crippen LogP contribution in [-0.2, 0) is 9.59 Å². The molecule has 0 aliphatic rings. The molecule has 148 valence electrons. The molecule has 2 aromatic carbocycles. The molecule has 0 aliphatic heterocycles. The molecule has 0 heterocycles. The Morgan fingerprint density at radius 2 is 1.32 bits per heavy atom. The molecule has 2 rings (SSSR count). The van der Waals surface area contributed by atoms with E-state index in [4.69, 9.17) is 26.4 Å². The van der Waals surface area contributed by atoms with Crippen molar-refractivity contribution in [3.8, 4) is 17.2 Å². The second-order valence-electron chi connectivity index (χ2n) is 5.62. The minimum absolute atomic E-state index is 0.0599. The maximum atomic E-state index is 11.8. The summed E-state index contributed by atoms with van der Waals surface area (Å²) in [7, 11) is 1.56. The van der Waals surface area contributed by atoms with E-state index in [1.807, 2.05) is 19.1 Å². The summed E-state index contributed by atoms with van der Waals surface area (Å²) >= 11 is 4.93. The van der Waals surface area contributed by atoms with E-state index in [1.54, 1.807) is 43.5 Å². The van der Waals surface area contributed by atoms with Crippen LogP contribution in [0.1, 0.15) is 5.56 Å². The standard InChI is InChI=1S/C19H21N3O5S/c1-13-3-5-15(6-4-13)26-11-17(23)20-19(28)22-21-18(24)12-27-16-9-7-14(25-2)8-10-16/h3-10H,11-12H2,1-2H3,(H,21,24)(H2,20,22,23,28). The van der Waals surface area contributed by atoms with Gasteiger partial charge in [0.2, 0.25) is 0 Å². The second kappa shape index (κ2) is 10.7. The lowest BCUT2D eigenvalue weighted by atomic mass is 10.2. The molecule has 0 radical (unpaired) electrons. The number of benzene rings is 2. The molecule has 2 aromatic rings. The molecule has 0 spiro atoms. The third-order valence-electron chi connectivity index (χ3n) is 3.39. The van der Waals surface area contributed by atoms with E-state index in [0.29, 0.717) is 17.2 Å². The monoisotopic (exact) mass is 403 g/mol. The molecule has 0 bridgehead atoms. The Morgan fingerprint density at radius 1 is 0.821 bits per heavy atom. The summed E-state index contributed by atoms with van der Waals surface area (Å²) in [6, 6.07) is 14.1. The Morgan fingerprint density at radius 3 is 1.89 bits per heavy atom. The van der Waals surface area contributed by atoms with E-state index in [0.717, 1.165) is 5.56 Å². The maximum absolute atomic E-state index is 11.8. The predicted octanol–water partition coefficient (Wildman–Crippen LogP) is 1.48. The number of amides is 2. The molecular formula is C19H21N3O5S. The maximum Gasteiger partial charge on any atom is 0.276 e. The number of ether oxygens (including phenoxy) is 3. The molecule has 3 N–H and O–H groups in total. The SMILES string of the molecule is COc1ccc(OCC(=O)NNC(=S)NC(=O)COc2ccc(C)cc2)cc1. The van der Waals surface area contributed by atoms with Crippen LogP contribution in [0.15, 0.2) is 48.5 Å². The van der Waals surface area contributed by atoms with E-state index < -0.39 is 11.8 Å². The molecule has 0 saturated heterocycles. The normalized spacial score (nSPS) is 9.79. The highest BCUT2D eigenvalue weighted by Crippen LogP contribution is 2.16. The zero-order chi connectivity index (χ0) is 20.4. The lowest BCUT2D eigenvalue weighted by Crippen LogP contribution is -2.50. The molecule has 28 heavy (non-hydrogen) atoms. The first-order chi connectivity index (χ1) is 13.5. The number of thiocarbonyl (C=S) groups is 1. The van der Waals surface area contributed by atoms with Crippen molar-refractivity contribution in [1.82, 2.24) is 16.2 Å². The number of aryl methyl sites for hydroxylation is 1. The Kier molecular flexibility index (Phi) is 8.04. The van der Waals surface area contributed by atoms with E-state index in [2.05, 4.69) is 16.2 Å². The summed E-state index contributed by atoms with van der Waals surface area (Å²) in [5.41, 5.74) is 5.83. The van der Waals surface area contributed by atoms with Crippen molar-refractivity contribution in [2.75, 3.05) is 20.3 Å². The number of hydrazine groups is 1. The molecule has 0 fully saturated rings. The number of methoxy groups -OCH3 is 1. The lowest BCUT2D eigenvalue weighted by Gasteiger charge is -2.12. The van der Waals surface area contributed by atoms with Crippen LogP contribution in [0.4, 0.5) is 0 Å². The van der Waals surface area contributed by atoms with Crippen molar-refractivity contribution in [3.05, 3.63) is 54.1 Å². The minimum atomic E-state index is -0.469. The zero-order valence-corrected chi connectivity index (χ0v) is 16.3. The molecular weight excluding hydrogens is 382 g/mol. The molecule has 0 atom stereocenters. The first kappa shape index (κ1) is 21.0. The lowest BCUT2D eigenvalue weighted by molar-refractivity contribution is -0.124. The molecule has 9 heteroatoms. The molecule has 0 aliphatic carbocycles. The minimum Gasteiger partial charge on any atom is -0.497 e. The van der Waals surface area contributed by atoms with Gasteiger partial charge in [-0.1, -0.05) is 17.7 Å². The van der Waals surface area contributed by atoms with Gasteiger partial charge in [0.1, 0.15) is 17.2 Å². The Hall–Kier alpha value is -3.33. The van der Waals surface area contributed by atoms with Crippen LogP contribution in [0.3, 0.4) is 0 Å². The quantitative estimate of drug-likeness (QED) is 0.476. The van der Waals surface area contributed by atoms with Crippen molar-refractivity contribution in [2.24, 2.45) is 0 Å². The molecule has 0 saturated carbocycles. The van der Waals surface area contributed by atoms with E-state index in [-0.39, 0.29) is 18.3 Å². The fourth-order valence-corrected chi connectivity index (χ4v) is 2.13. The van der Waals surface area contributed by atoms with Crippen molar-refractivity contribution < 1.29 is 23.8 Å². The van der Waals surface area contributed by atoms with Gasteiger partial charge in [0.25, 0.3) is 11.8 Å². The second-order valence-corrected chi connectivity index (χ2v) is 6.02. The van der Waals surface area contributed by atoms with Crippen LogP contribution in [0.25, 0.3) is 0 Å². The fraction of sp³-hybridized carbons (Fsp3) is 0.211. The number of carbonyl (C=O) groups is 2. The van der Waals surface area contributed by atoms with Gasteiger partial charge in [0, 0.05) is 0 Å². The Balaban J connectivity index is 1.63. The average molecular weight is 403 g/mol. The van der Waals surface area contributed by atoms with Gasteiger partial charge in [-0.25, -0.2) is 0 Å². The van der Waals surface area contributed by atoms with Crippen LogP contribution in [0.2, 0.25) is 0 Å². The summed E-state index contributed by atoms with van der Waals surface area (Å²) < 4.78 is 15.7. The van der Waals surface area contributed by atoms with Gasteiger partial charge in [-0.3, -0.25) is 25.8 Å². The van der Waals surface area contributed by atoms with Gasteiger partial charge >= 0.3 is 0 Å². The highest BCUT2D eigenvalue weighted by molar-refractivity contribution is 7.80. The first-order valence-corrected chi connectivity index (χ1v) is 8.72. The topological polar surface area (TPSA) is 97.9 Å². The van der Waals surface area contributed by atoms with Crippen molar-refractivity contribution in [2.45, 2.75) is 6.92 Å². The van der Waals surface area contributed by atoms with E-state index in [1.165, 1.54) is 0 Å². The third kappa shape index (κ3) is 7.50. The van der Waals surface area contributed by atoms with Crippen molar-refractivity contribution in [3.63, 3.8) is 0 Å². The highest BCUT2D eigenvalue weighted by Gasteiger charge is 2.08. The molecule has 2 amide bonds. The van der Waals surface area contributed by atoms with E-state index >= 15 is 0 Å². The van der Waals surface area contributed by atoms with Gasteiger partial charge in [-0.05, 0) is 55.5 Å². The Labute approximate surface area is 168 Å². The van der Waals surface area contributed by atoms with Gasteiger partial charge in [-0.2, -0.15) is 0 Å². The smallest absolute Gasteiger partial charge is 0.276 e. The summed E-state index contributed by atoms with van der Waals surface area (Å²) in [4.78, 5) is 23.5. The molecule has 8 nitrogen and oxygen atoms in total. The van der Waals surface area contributed by atoms with Crippen LogP contribution < -0.4 is 30.4 Å². The summed E-state index contributed by atoms with van der Waals surface area (Å²) in [6.07, 6.45) is 0. The van der Waals surface area contributed by atoms with Crippen LogP contribution in [0, 0.1) is 6.92 Å². The summed E-state index contributed by atoms with van der Waals surface area (Å²) in [5, 5.41) is 2.33. The summed E-state index contributed by atoms with van der Waals surface area (Å²) in [5.74, 6) is 0.847. The number of hydrogen-bond donors (Lipinski definition) is 3. The fourth-order valence-electron chi connectivity index (χ4n) is 1.96. The van der Waals surface area contributed by atoms with Gasteiger partial charge < -0.3 is 14.2 Å².